The lowest BCUT2D eigenvalue weighted by Crippen LogP contribution is -2.36. The number of halogens is 1. The number of rotatable bonds is 5. The molecular formula is C22H24FN5O2. The molecule has 30 heavy (non-hydrogen) atoms. The Kier molecular flexibility index (Phi) is 6.04. The number of nitrogens with zero attached hydrogens (tertiary/aromatic N) is 5. The minimum absolute atomic E-state index is 0.196. The van der Waals surface area contributed by atoms with Gasteiger partial charge in [0.05, 0.1) is 24.5 Å². The van der Waals surface area contributed by atoms with Crippen LogP contribution in [0.1, 0.15) is 29.3 Å². The van der Waals surface area contributed by atoms with Gasteiger partial charge in [-0.15, -0.1) is 5.10 Å². The number of benzene rings is 2. The van der Waals surface area contributed by atoms with Gasteiger partial charge in [-0.05, 0) is 29.7 Å². The molecule has 156 valence electrons. The molecule has 1 atom stereocenters. The summed E-state index contributed by atoms with van der Waals surface area (Å²) in [5.74, 6) is -0.290. The molecule has 1 aliphatic rings. The Morgan fingerprint density at radius 1 is 1.03 bits per heavy atom. The zero-order valence-corrected chi connectivity index (χ0v) is 16.6. The Hall–Kier alpha value is -3.26. The van der Waals surface area contributed by atoms with Gasteiger partial charge in [0.15, 0.2) is 0 Å². The standard InChI is InChI=1S/C22H24FN5O2/c23-19-9-7-18(8-10-19)21(26-11-4-12-27(14-13-26)22(29)30)20-15-24-25-28(20)16-17-5-2-1-3-6-17/h1-3,5-10,15,21H,4,11-14,16H2,(H,29,30). The normalized spacial score (nSPS) is 16.2. The van der Waals surface area contributed by atoms with Crippen molar-refractivity contribution in [1.82, 2.24) is 24.8 Å². The topological polar surface area (TPSA) is 74.5 Å². The van der Waals surface area contributed by atoms with Crippen LogP contribution >= 0.6 is 0 Å². The Bertz CT molecular complexity index is 977. The molecule has 1 aromatic heterocycles. The molecule has 0 bridgehead atoms. The highest BCUT2D eigenvalue weighted by Crippen LogP contribution is 2.30. The lowest BCUT2D eigenvalue weighted by atomic mass is 10.0. The first-order valence-electron chi connectivity index (χ1n) is 10.0. The fourth-order valence-corrected chi connectivity index (χ4v) is 3.96. The molecule has 1 amide bonds. The van der Waals surface area contributed by atoms with Crippen LogP contribution < -0.4 is 0 Å². The zero-order valence-electron chi connectivity index (χ0n) is 16.6. The molecule has 3 aromatic rings. The van der Waals surface area contributed by atoms with E-state index in [2.05, 4.69) is 15.2 Å². The molecule has 8 heteroatoms. The van der Waals surface area contributed by atoms with Crippen molar-refractivity contribution in [1.29, 1.82) is 0 Å². The van der Waals surface area contributed by atoms with E-state index >= 15 is 0 Å². The van der Waals surface area contributed by atoms with Crippen LogP contribution in [-0.2, 0) is 6.54 Å². The maximum absolute atomic E-state index is 13.6. The van der Waals surface area contributed by atoms with Crippen molar-refractivity contribution in [3.63, 3.8) is 0 Å². The first kappa shape index (κ1) is 20.0. The summed E-state index contributed by atoms with van der Waals surface area (Å²) in [7, 11) is 0. The van der Waals surface area contributed by atoms with E-state index in [-0.39, 0.29) is 11.9 Å². The third kappa shape index (κ3) is 4.49. The van der Waals surface area contributed by atoms with Crippen LogP contribution in [0.5, 0.6) is 0 Å². The van der Waals surface area contributed by atoms with Gasteiger partial charge in [-0.2, -0.15) is 0 Å². The van der Waals surface area contributed by atoms with Crippen molar-refractivity contribution in [2.75, 3.05) is 26.2 Å². The second-order valence-electron chi connectivity index (χ2n) is 7.42. The fraction of sp³-hybridized carbons (Fsp3) is 0.318. The second-order valence-corrected chi connectivity index (χ2v) is 7.42. The SMILES string of the molecule is O=C(O)N1CCCN(C(c2ccc(F)cc2)c2cnnn2Cc2ccccc2)CC1. The largest absolute Gasteiger partial charge is 0.465 e. The molecule has 2 aromatic carbocycles. The molecule has 1 unspecified atom stereocenters. The third-order valence-electron chi connectivity index (χ3n) is 5.45. The van der Waals surface area contributed by atoms with Crippen molar-refractivity contribution in [3.05, 3.63) is 83.4 Å². The number of amides is 1. The smallest absolute Gasteiger partial charge is 0.407 e. The van der Waals surface area contributed by atoms with Gasteiger partial charge in [0.25, 0.3) is 0 Å². The number of carboxylic acid groups (broad SMARTS) is 1. The van der Waals surface area contributed by atoms with Crippen molar-refractivity contribution < 1.29 is 14.3 Å². The summed E-state index contributed by atoms with van der Waals surface area (Å²) in [4.78, 5) is 15.1. The van der Waals surface area contributed by atoms with Crippen LogP contribution in [0.15, 0.2) is 60.8 Å². The highest BCUT2D eigenvalue weighted by atomic mass is 19.1. The molecule has 1 saturated heterocycles. The van der Waals surface area contributed by atoms with Crippen LogP contribution in [0.4, 0.5) is 9.18 Å². The van der Waals surface area contributed by atoms with Crippen molar-refractivity contribution in [2.45, 2.75) is 19.0 Å². The third-order valence-corrected chi connectivity index (χ3v) is 5.45. The van der Waals surface area contributed by atoms with E-state index < -0.39 is 6.09 Å². The quantitative estimate of drug-likeness (QED) is 0.700. The van der Waals surface area contributed by atoms with Gasteiger partial charge in [-0.1, -0.05) is 47.7 Å². The molecule has 2 heterocycles. The average Bonchev–Trinajstić information content (AvgIpc) is 3.04. The van der Waals surface area contributed by atoms with Gasteiger partial charge in [0.2, 0.25) is 0 Å². The van der Waals surface area contributed by atoms with E-state index in [9.17, 15) is 14.3 Å². The van der Waals surface area contributed by atoms with Crippen LogP contribution in [0.3, 0.4) is 0 Å². The second kappa shape index (κ2) is 9.04. The Labute approximate surface area is 174 Å². The molecule has 1 aliphatic heterocycles. The van der Waals surface area contributed by atoms with Crippen LogP contribution in [0, 0.1) is 5.82 Å². The predicted molar refractivity (Wildman–Crippen MR) is 110 cm³/mol. The van der Waals surface area contributed by atoms with Gasteiger partial charge in [-0.25, -0.2) is 13.9 Å². The minimum Gasteiger partial charge on any atom is -0.465 e. The summed E-state index contributed by atoms with van der Waals surface area (Å²) in [6.07, 6.45) is 1.58. The summed E-state index contributed by atoms with van der Waals surface area (Å²) in [5.41, 5.74) is 2.93. The first-order valence-corrected chi connectivity index (χ1v) is 10.0. The molecule has 1 fully saturated rings. The number of carbonyl (C=O) groups is 1. The van der Waals surface area contributed by atoms with Gasteiger partial charge in [-0.3, -0.25) is 4.90 Å². The maximum atomic E-state index is 13.6. The fourth-order valence-electron chi connectivity index (χ4n) is 3.96. The summed E-state index contributed by atoms with van der Waals surface area (Å²) in [6.45, 7) is 2.80. The molecule has 7 nitrogen and oxygen atoms in total. The monoisotopic (exact) mass is 409 g/mol. The van der Waals surface area contributed by atoms with Crippen molar-refractivity contribution in [2.24, 2.45) is 0 Å². The molecular weight excluding hydrogens is 385 g/mol. The van der Waals surface area contributed by atoms with Crippen LogP contribution in [-0.4, -0.2) is 62.2 Å². The minimum atomic E-state index is -0.897. The highest BCUT2D eigenvalue weighted by Gasteiger charge is 2.29. The van der Waals surface area contributed by atoms with Crippen LogP contribution in [0.25, 0.3) is 0 Å². The summed E-state index contributed by atoms with van der Waals surface area (Å²) in [6, 6.07) is 16.3. The van der Waals surface area contributed by atoms with Crippen molar-refractivity contribution >= 4 is 6.09 Å². The summed E-state index contributed by atoms with van der Waals surface area (Å²) in [5, 5.41) is 17.8. The molecule has 0 saturated carbocycles. The van der Waals surface area contributed by atoms with E-state index in [0.29, 0.717) is 26.2 Å². The van der Waals surface area contributed by atoms with Gasteiger partial charge < -0.3 is 10.0 Å². The van der Waals surface area contributed by atoms with Gasteiger partial charge >= 0.3 is 6.09 Å². The molecule has 1 N–H and O–H groups in total. The van der Waals surface area contributed by atoms with E-state index in [1.54, 1.807) is 18.3 Å². The highest BCUT2D eigenvalue weighted by molar-refractivity contribution is 5.64. The average molecular weight is 409 g/mol. The molecule has 0 radical (unpaired) electrons. The molecule has 0 aliphatic carbocycles. The molecule has 4 rings (SSSR count). The van der Waals surface area contributed by atoms with Crippen molar-refractivity contribution in [3.8, 4) is 0 Å². The lowest BCUT2D eigenvalue weighted by molar-refractivity contribution is 0.145. The van der Waals surface area contributed by atoms with Crippen LogP contribution in [0.2, 0.25) is 0 Å². The molecule has 0 spiro atoms. The van der Waals surface area contributed by atoms with E-state index in [1.807, 2.05) is 35.0 Å². The van der Waals surface area contributed by atoms with E-state index in [0.717, 1.165) is 29.8 Å². The van der Waals surface area contributed by atoms with E-state index in [1.165, 1.54) is 17.0 Å². The van der Waals surface area contributed by atoms with Gasteiger partial charge in [0.1, 0.15) is 5.82 Å². The number of aromatic nitrogens is 3. The summed E-state index contributed by atoms with van der Waals surface area (Å²) < 4.78 is 15.5. The van der Waals surface area contributed by atoms with E-state index in [4.69, 9.17) is 0 Å². The first-order chi connectivity index (χ1) is 14.6. The lowest BCUT2D eigenvalue weighted by Gasteiger charge is -2.31. The Morgan fingerprint density at radius 3 is 2.53 bits per heavy atom. The maximum Gasteiger partial charge on any atom is 0.407 e. The summed E-state index contributed by atoms with van der Waals surface area (Å²) >= 11 is 0. The number of hydrogen-bond donors (Lipinski definition) is 1. The Morgan fingerprint density at radius 2 is 1.80 bits per heavy atom. The number of hydrogen-bond acceptors (Lipinski definition) is 4. The van der Waals surface area contributed by atoms with Gasteiger partial charge in [0, 0.05) is 26.2 Å². The predicted octanol–water partition coefficient (Wildman–Crippen LogP) is 3.24. The Balaban J connectivity index is 1.67. The zero-order chi connectivity index (χ0) is 20.9.